The molecule has 0 bridgehead atoms. The summed E-state index contributed by atoms with van der Waals surface area (Å²) in [6, 6.07) is 7.61. The van der Waals surface area contributed by atoms with Gasteiger partial charge in [0.15, 0.2) is 15.7 Å². The Kier molecular flexibility index (Phi) is 4.24. The maximum atomic E-state index is 11.9. The van der Waals surface area contributed by atoms with Gasteiger partial charge in [-0.05, 0) is 12.1 Å². The minimum atomic E-state index is -3.77. The molecule has 6 nitrogen and oxygen atoms in total. The maximum Gasteiger partial charge on any atom is 0.200 e. The molecular formula is C12H13NO5S2. The van der Waals surface area contributed by atoms with Gasteiger partial charge in [0.05, 0.1) is 11.4 Å². The number of hydrogen-bond donors (Lipinski definition) is 0. The molecule has 1 aromatic rings. The lowest BCUT2D eigenvalue weighted by atomic mass is 10.4. The van der Waals surface area contributed by atoms with Gasteiger partial charge in [-0.15, -0.1) is 0 Å². The van der Waals surface area contributed by atoms with Gasteiger partial charge in [0.1, 0.15) is 12.4 Å². The first-order valence-electron chi connectivity index (χ1n) is 5.76. The SMILES string of the molecule is O=S(=O)(/C=C/S(=O)(=O)c1ccccc1)CC1=NCCO1. The van der Waals surface area contributed by atoms with Gasteiger partial charge in [0.25, 0.3) is 0 Å². The molecule has 0 aromatic heterocycles. The highest BCUT2D eigenvalue weighted by atomic mass is 32.2. The van der Waals surface area contributed by atoms with E-state index < -0.39 is 25.4 Å². The minimum Gasteiger partial charge on any atom is -0.478 e. The summed E-state index contributed by atoms with van der Waals surface area (Å²) >= 11 is 0. The third kappa shape index (κ3) is 3.91. The first-order valence-corrected chi connectivity index (χ1v) is 9.02. The van der Waals surface area contributed by atoms with Crippen molar-refractivity contribution in [2.24, 2.45) is 4.99 Å². The smallest absolute Gasteiger partial charge is 0.200 e. The van der Waals surface area contributed by atoms with Gasteiger partial charge in [-0.2, -0.15) is 0 Å². The van der Waals surface area contributed by atoms with E-state index >= 15 is 0 Å². The van der Waals surface area contributed by atoms with Crippen LogP contribution in [0.3, 0.4) is 0 Å². The Morgan fingerprint density at radius 3 is 2.40 bits per heavy atom. The molecule has 2 rings (SSSR count). The molecule has 0 atom stereocenters. The lowest BCUT2D eigenvalue weighted by molar-refractivity contribution is 0.345. The predicted molar refractivity (Wildman–Crippen MR) is 74.8 cm³/mol. The van der Waals surface area contributed by atoms with Crippen molar-refractivity contribution in [1.82, 2.24) is 0 Å². The van der Waals surface area contributed by atoms with E-state index in [-0.39, 0.29) is 10.8 Å². The summed E-state index contributed by atoms with van der Waals surface area (Å²) in [5, 5.41) is 1.37. The van der Waals surface area contributed by atoms with E-state index in [9.17, 15) is 16.8 Å². The van der Waals surface area contributed by atoms with Crippen LogP contribution in [0.2, 0.25) is 0 Å². The number of sulfone groups is 2. The second kappa shape index (κ2) is 5.76. The molecular weight excluding hydrogens is 302 g/mol. The van der Waals surface area contributed by atoms with Crippen molar-refractivity contribution in [3.05, 3.63) is 41.1 Å². The number of ether oxygens (including phenoxy) is 1. The van der Waals surface area contributed by atoms with Crippen molar-refractivity contribution in [1.29, 1.82) is 0 Å². The quantitative estimate of drug-likeness (QED) is 0.801. The molecule has 1 aromatic carbocycles. The summed E-state index contributed by atoms with van der Waals surface area (Å²) in [4.78, 5) is 3.90. The van der Waals surface area contributed by atoms with Crippen LogP contribution < -0.4 is 0 Å². The van der Waals surface area contributed by atoms with E-state index in [1.807, 2.05) is 0 Å². The van der Waals surface area contributed by atoms with Crippen LogP contribution in [0.4, 0.5) is 0 Å². The Morgan fingerprint density at radius 1 is 1.10 bits per heavy atom. The Hall–Kier alpha value is -1.67. The van der Waals surface area contributed by atoms with Crippen LogP contribution in [0.25, 0.3) is 0 Å². The van der Waals surface area contributed by atoms with Crippen LogP contribution in [0.1, 0.15) is 0 Å². The summed E-state index contributed by atoms with van der Waals surface area (Å²) < 4.78 is 52.3. The summed E-state index contributed by atoms with van der Waals surface area (Å²) in [5.41, 5.74) is 0. The van der Waals surface area contributed by atoms with E-state index in [0.29, 0.717) is 24.0 Å². The fourth-order valence-electron chi connectivity index (χ4n) is 1.53. The normalized spacial score (nSPS) is 16.1. The zero-order chi connectivity index (χ0) is 14.6. The molecule has 0 spiro atoms. The van der Waals surface area contributed by atoms with Gasteiger partial charge in [0, 0.05) is 10.8 Å². The Morgan fingerprint density at radius 2 is 1.80 bits per heavy atom. The second-order valence-corrected chi connectivity index (χ2v) is 7.78. The highest BCUT2D eigenvalue weighted by Crippen LogP contribution is 2.12. The summed E-state index contributed by atoms with van der Waals surface area (Å²) in [7, 11) is -7.49. The van der Waals surface area contributed by atoms with Crippen molar-refractivity contribution in [2.75, 3.05) is 18.9 Å². The highest BCUT2D eigenvalue weighted by molar-refractivity contribution is 7.98. The number of aliphatic imine (C=N–C) groups is 1. The molecule has 8 heteroatoms. The van der Waals surface area contributed by atoms with Crippen LogP contribution in [0.15, 0.2) is 51.0 Å². The Bertz CT molecular complexity index is 733. The lowest BCUT2D eigenvalue weighted by Gasteiger charge is -2.00. The highest BCUT2D eigenvalue weighted by Gasteiger charge is 2.18. The summed E-state index contributed by atoms with van der Waals surface area (Å²) in [5.74, 6) is -0.305. The van der Waals surface area contributed by atoms with Crippen LogP contribution >= 0.6 is 0 Å². The van der Waals surface area contributed by atoms with Crippen LogP contribution in [0, 0.1) is 0 Å². The Labute approximate surface area is 117 Å². The predicted octanol–water partition coefficient (Wildman–Crippen LogP) is 0.775. The molecule has 0 saturated heterocycles. The first kappa shape index (κ1) is 14.7. The zero-order valence-electron chi connectivity index (χ0n) is 10.5. The maximum absolute atomic E-state index is 11.9. The van der Waals surface area contributed by atoms with E-state index in [1.54, 1.807) is 18.2 Å². The standard InChI is InChI=1S/C12H13NO5S2/c14-19(15,10-12-13-6-7-18-12)8-9-20(16,17)11-4-2-1-3-5-11/h1-5,8-9H,6-7,10H2/b9-8+. The van der Waals surface area contributed by atoms with Gasteiger partial charge < -0.3 is 4.74 Å². The van der Waals surface area contributed by atoms with Gasteiger partial charge >= 0.3 is 0 Å². The molecule has 0 amide bonds. The van der Waals surface area contributed by atoms with Crippen molar-refractivity contribution in [3.63, 3.8) is 0 Å². The van der Waals surface area contributed by atoms with Gasteiger partial charge in [-0.1, -0.05) is 18.2 Å². The van der Waals surface area contributed by atoms with E-state index in [2.05, 4.69) is 4.99 Å². The van der Waals surface area contributed by atoms with Crippen molar-refractivity contribution in [2.45, 2.75) is 4.90 Å². The van der Waals surface area contributed by atoms with E-state index in [0.717, 1.165) is 0 Å². The van der Waals surface area contributed by atoms with E-state index in [1.165, 1.54) is 12.1 Å². The van der Waals surface area contributed by atoms with Gasteiger partial charge in [0.2, 0.25) is 9.84 Å². The topological polar surface area (TPSA) is 89.9 Å². The second-order valence-electron chi connectivity index (χ2n) is 4.06. The number of hydrogen-bond acceptors (Lipinski definition) is 6. The van der Waals surface area contributed by atoms with Gasteiger partial charge in [-0.3, -0.25) is 4.99 Å². The Balaban J connectivity index is 2.16. The zero-order valence-corrected chi connectivity index (χ0v) is 12.1. The summed E-state index contributed by atoms with van der Waals surface area (Å²) in [6.45, 7) is 0.785. The number of rotatable bonds is 5. The number of benzene rings is 1. The first-order chi connectivity index (χ1) is 9.39. The molecule has 0 radical (unpaired) electrons. The molecule has 1 aliphatic rings. The van der Waals surface area contributed by atoms with E-state index in [4.69, 9.17) is 4.74 Å². The molecule has 0 N–H and O–H groups in total. The molecule has 0 saturated carbocycles. The lowest BCUT2D eigenvalue weighted by Crippen LogP contribution is -2.14. The molecule has 1 aliphatic heterocycles. The van der Waals surface area contributed by atoms with Crippen molar-refractivity contribution in [3.8, 4) is 0 Å². The molecule has 20 heavy (non-hydrogen) atoms. The largest absolute Gasteiger partial charge is 0.478 e. The minimum absolute atomic E-state index is 0.0425. The fraction of sp³-hybridized carbons (Fsp3) is 0.250. The molecule has 0 unspecified atom stereocenters. The van der Waals surface area contributed by atoms with Gasteiger partial charge in [-0.25, -0.2) is 16.8 Å². The average Bonchev–Trinajstić information content (AvgIpc) is 2.90. The van der Waals surface area contributed by atoms with Crippen LogP contribution in [0.5, 0.6) is 0 Å². The van der Waals surface area contributed by atoms with Crippen molar-refractivity contribution < 1.29 is 21.6 Å². The van der Waals surface area contributed by atoms with Crippen LogP contribution in [-0.2, 0) is 24.4 Å². The summed E-state index contributed by atoms with van der Waals surface area (Å²) in [6.07, 6.45) is 0. The fourth-order valence-corrected chi connectivity index (χ4v) is 4.10. The number of nitrogens with zero attached hydrogens (tertiary/aromatic N) is 1. The molecule has 108 valence electrons. The average molecular weight is 315 g/mol. The third-order valence-electron chi connectivity index (χ3n) is 2.49. The van der Waals surface area contributed by atoms with Crippen LogP contribution in [-0.4, -0.2) is 41.6 Å². The molecule has 0 fully saturated rings. The monoisotopic (exact) mass is 315 g/mol. The third-order valence-corrected chi connectivity index (χ3v) is 5.28. The molecule has 1 heterocycles. The van der Waals surface area contributed by atoms with Crippen molar-refractivity contribution >= 4 is 25.6 Å². The molecule has 0 aliphatic carbocycles.